The Morgan fingerprint density at radius 1 is 0.622 bits per heavy atom. The maximum absolute atomic E-state index is 2.66. The van der Waals surface area contributed by atoms with Crippen molar-refractivity contribution in [1.82, 2.24) is 14.1 Å². The van der Waals surface area contributed by atoms with Gasteiger partial charge in [0.2, 0.25) is 5.69 Å². The van der Waals surface area contributed by atoms with Crippen molar-refractivity contribution in [3.05, 3.63) is 144 Å². The number of anilines is 1. The second-order valence-electron chi connectivity index (χ2n) is 13.0. The van der Waals surface area contributed by atoms with Crippen LogP contribution in [0.3, 0.4) is 0 Å². The van der Waals surface area contributed by atoms with Crippen LogP contribution in [0.25, 0.3) is 55.4 Å². The Kier molecular flexibility index (Phi) is 4.10. The molecule has 5 heteroatoms. The van der Waals surface area contributed by atoms with Gasteiger partial charge in [0.25, 0.3) is 5.54 Å². The van der Waals surface area contributed by atoms with E-state index in [-0.39, 0.29) is 6.17 Å². The third-order valence-corrected chi connectivity index (χ3v) is 11.0. The fraction of sp³-hybridized carbons (Fsp3) is 0.125. The fourth-order valence-electron chi connectivity index (χ4n) is 9.48. The first-order chi connectivity index (χ1) is 22.1. The van der Waals surface area contributed by atoms with Gasteiger partial charge in [0, 0.05) is 37.1 Å². The van der Waals surface area contributed by atoms with Gasteiger partial charge in [-0.3, -0.25) is 0 Å². The van der Waals surface area contributed by atoms with E-state index in [1.54, 1.807) is 0 Å². The van der Waals surface area contributed by atoms with E-state index in [1.807, 2.05) is 0 Å². The molecular formula is C40H30N5+. The molecule has 0 saturated heterocycles. The fourth-order valence-corrected chi connectivity index (χ4v) is 9.48. The molecule has 0 aliphatic carbocycles. The Bertz CT molecular complexity index is 2480. The zero-order valence-electron chi connectivity index (χ0n) is 25.4. The number of hydrogen-bond acceptors (Lipinski definition) is 2. The summed E-state index contributed by atoms with van der Waals surface area (Å²) < 4.78 is 7.74. The molecule has 0 amide bonds. The van der Waals surface area contributed by atoms with Crippen molar-refractivity contribution < 1.29 is 4.68 Å². The van der Waals surface area contributed by atoms with Crippen molar-refractivity contribution in [3.63, 3.8) is 0 Å². The number of benzene rings is 5. The molecule has 0 bridgehead atoms. The summed E-state index contributed by atoms with van der Waals surface area (Å²) in [5.41, 5.74) is 16.4. The Labute approximate surface area is 261 Å². The molecule has 4 aliphatic rings. The van der Waals surface area contributed by atoms with Gasteiger partial charge in [-0.05, 0) is 47.9 Å². The van der Waals surface area contributed by atoms with Crippen LogP contribution in [-0.4, -0.2) is 27.4 Å². The normalized spacial score (nSPS) is 19.6. The molecule has 0 radical (unpaired) electrons. The predicted octanol–water partition coefficient (Wildman–Crippen LogP) is 7.79. The average Bonchev–Trinajstić information content (AvgIpc) is 3.84. The Morgan fingerprint density at radius 2 is 1.36 bits per heavy atom. The zero-order chi connectivity index (χ0) is 29.8. The Morgan fingerprint density at radius 3 is 2.20 bits per heavy atom. The molecule has 6 heterocycles. The summed E-state index contributed by atoms with van der Waals surface area (Å²) in [5.74, 6) is 0. The minimum atomic E-state index is -0.430. The molecule has 0 N–H and O–H groups in total. The van der Waals surface area contributed by atoms with E-state index in [2.05, 4.69) is 166 Å². The van der Waals surface area contributed by atoms with Crippen LogP contribution in [0.5, 0.6) is 0 Å². The summed E-state index contributed by atoms with van der Waals surface area (Å²) in [4.78, 5) is 4.94. The quantitative estimate of drug-likeness (QED) is 0.195. The lowest BCUT2D eigenvalue weighted by Gasteiger charge is -2.35. The van der Waals surface area contributed by atoms with E-state index in [4.69, 9.17) is 0 Å². The first kappa shape index (κ1) is 23.9. The second kappa shape index (κ2) is 7.74. The van der Waals surface area contributed by atoms with Crippen LogP contribution in [0.4, 0.5) is 5.69 Å². The second-order valence-corrected chi connectivity index (χ2v) is 13.0. The molecule has 0 saturated carbocycles. The maximum atomic E-state index is 2.66. The maximum Gasteiger partial charge on any atom is 0.289 e. The molecule has 7 aromatic rings. The smallest absolute Gasteiger partial charge is 0.289 e. The highest BCUT2D eigenvalue weighted by Crippen LogP contribution is 2.61. The molecule has 45 heavy (non-hydrogen) atoms. The molecule has 0 fully saturated rings. The van der Waals surface area contributed by atoms with Crippen LogP contribution in [0.2, 0.25) is 0 Å². The van der Waals surface area contributed by atoms with Crippen molar-refractivity contribution in [1.29, 1.82) is 0 Å². The van der Waals surface area contributed by atoms with Crippen LogP contribution >= 0.6 is 0 Å². The standard InChI is InChI=1S/C40H30N5/c1-24-35(28-18-16-27(17-19-28)26-10-5-4-6-11-26)25(2)45-40-36-33(14-9-15-34(36)44(24)45)43-31-13-8-7-12-29(31)30-20-21-32(37(40)38(30)43)42-23-22-41(3)39(40)42/h4-23,39H,1-3H3/q+1. The topological polar surface area (TPSA) is 20.2 Å². The van der Waals surface area contributed by atoms with Crippen molar-refractivity contribution in [2.75, 3.05) is 11.9 Å². The number of aromatic nitrogens is 3. The Hall–Kier alpha value is -5.55. The summed E-state index contributed by atoms with van der Waals surface area (Å²) in [5, 5.41) is 2.63. The van der Waals surface area contributed by atoms with Crippen LogP contribution in [0, 0.1) is 13.8 Å². The molecule has 11 rings (SSSR count). The van der Waals surface area contributed by atoms with Crippen LogP contribution in [0.1, 0.15) is 22.5 Å². The van der Waals surface area contributed by atoms with Gasteiger partial charge in [0.1, 0.15) is 5.69 Å². The van der Waals surface area contributed by atoms with Crippen LogP contribution in [0.15, 0.2) is 122 Å². The molecule has 1 spiro atoms. The van der Waals surface area contributed by atoms with Gasteiger partial charge in [-0.1, -0.05) is 89.6 Å². The van der Waals surface area contributed by atoms with E-state index < -0.39 is 5.54 Å². The van der Waals surface area contributed by atoms with Gasteiger partial charge in [-0.2, -0.15) is 0 Å². The number of likely N-dealkylation sites (N-methyl/N-ethyl adjacent to an activating group) is 1. The van der Waals surface area contributed by atoms with Gasteiger partial charge in [0.15, 0.2) is 6.17 Å². The summed E-state index contributed by atoms with van der Waals surface area (Å²) in [7, 11) is 2.24. The molecule has 2 aromatic heterocycles. The van der Waals surface area contributed by atoms with Crippen LogP contribution < -0.4 is 9.58 Å². The van der Waals surface area contributed by atoms with Crippen molar-refractivity contribution in [2.45, 2.75) is 25.6 Å². The molecule has 2 atom stereocenters. The summed E-state index contributed by atoms with van der Waals surface area (Å²) in [6, 6.07) is 40.3. The number of nitrogens with zero attached hydrogens (tertiary/aromatic N) is 5. The van der Waals surface area contributed by atoms with E-state index in [1.165, 1.54) is 83.6 Å². The third-order valence-electron chi connectivity index (χ3n) is 11.0. The van der Waals surface area contributed by atoms with Crippen molar-refractivity contribution >= 4 is 27.5 Å². The minimum absolute atomic E-state index is 0.0809. The van der Waals surface area contributed by atoms with Crippen LogP contribution in [-0.2, 0) is 5.54 Å². The lowest BCUT2D eigenvalue weighted by molar-refractivity contribution is -0.807. The number of hydrogen-bond donors (Lipinski definition) is 0. The number of fused-ring (bicyclic) bond motifs is 8. The highest BCUT2D eigenvalue weighted by Gasteiger charge is 2.72. The predicted molar refractivity (Wildman–Crippen MR) is 180 cm³/mol. The monoisotopic (exact) mass is 580 g/mol. The average molecular weight is 581 g/mol. The first-order valence-corrected chi connectivity index (χ1v) is 15.8. The SMILES string of the molecule is Cc1c(-c2ccc(-c3ccccc3)cc2)c(C)[n+]2n1-c1cccc3c1C21c2c(ccc4c5ccccc5n-3c24)N2C=CN(C)C21. The van der Waals surface area contributed by atoms with Gasteiger partial charge < -0.3 is 14.4 Å². The van der Waals surface area contributed by atoms with Crippen molar-refractivity contribution in [2.24, 2.45) is 0 Å². The molecule has 5 aromatic carbocycles. The highest BCUT2D eigenvalue weighted by molar-refractivity contribution is 6.13. The summed E-state index contributed by atoms with van der Waals surface area (Å²) in [6.45, 7) is 4.64. The number of rotatable bonds is 2. The zero-order valence-corrected chi connectivity index (χ0v) is 25.4. The summed E-state index contributed by atoms with van der Waals surface area (Å²) in [6.07, 6.45) is 4.61. The Balaban J connectivity index is 1.27. The minimum Gasteiger partial charge on any atom is -0.352 e. The van der Waals surface area contributed by atoms with Gasteiger partial charge in [0.05, 0.1) is 44.8 Å². The van der Waals surface area contributed by atoms with Gasteiger partial charge in [-0.25, -0.2) is 0 Å². The van der Waals surface area contributed by atoms with E-state index >= 15 is 0 Å². The van der Waals surface area contributed by atoms with Gasteiger partial charge in [-0.15, -0.1) is 4.68 Å². The lowest BCUT2D eigenvalue weighted by Crippen LogP contribution is -2.68. The third kappa shape index (κ3) is 2.48. The molecule has 4 aliphatic heterocycles. The summed E-state index contributed by atoms with van der Waals surface area (Å²) >= 11 is 0. The van der Waals surface area contributed by atoms with Gasteiger partial charge >= 0.3 is 0 Å². The first-order valence-electron chi connectivity index (χ1n) is 15.8. The lowest BCUT2D eigenvalue weighted by atomic mass is 9.77. The number of para-hydroxylation sites is 1. The van der Waals surface area contributed by atoms with Crippen molar-refractivity contribution in [3.8, 4) is 33.6 Å². The van der Waals surface area contributed by atoms with E-state index in [0.29, 0.717) is 0 Å². The largest absolute Gasteiger partial charge is 0.352 e. The van der Waals surface area contributed by atoms with E-state index in [9.17, 15) is 0 Å². The molecule has 5 nitrogen and oxygen atoms in total. The van der Waals surface area contributed by atoms with E-state index in [0.717, 1.165) is 0 Å². The molecule has 2 unspecified atom stereocenters. The molecular weight excluding hydrogens is 550 g/mol. The molecule has 214 valence electrons. The highest BCUT2D eigenvalue weighted by atomic mass is 15.5.